The zero-order valence-corrected chi connectivity index (χ0v) is 16.7. The molecular formula is C24H21NO5. The van der Waals surface area contributed by atoms with E-state index in [0.717, 1.165) is 5.57 Å². The average molecular weight is 403 g/mol. The van der Waals surface area contributed by atoms with E-state index in [9.17, 15) is 24.3 Å². The number of carbonyl (C=O) groups excluding carboxylic acids is 4. The maximum Gasteiger partial charge on any atom is 0.233 e. The molecule has 30 heavy (non-hydrogen) atoms. The van der Waals surface area contributed by atoms with E-state index < -0.39 is 17.8 Å². The fraction of sp³-hybridized carbons (Fsp3) is 0.333. The third-order valence-corrected chi connectivity index (χ3v) is 7.03. The monoisotopic (exact) mass is 403 g/mol. The van der Waals surface area contributed by atoms with E-state index in [0.29, 0.717) is 28.7 Å². The van der Waals surface area contributed by atoms with Crippen molar-refractivity contribution in [3.05, 3.63) is 64.3 Å². The summed E-state index contributed by atoms with van der Waals surface area (Å²) in [6, 6.07) is 6.79. The van der Waals surface area contributed by atoms with Gasteiger partial charge in [0.2, 0.25) is 11.8 Å². The number of phenols is 1. The number of nitrogens with zero attached hydrogens (tertiary/aromatic N) is 1. The molecule has 0 unspecified atom stereocenters. The number of hydrogen-bond acceptors (Lipinski definition) is 5. The summed E-state index contributed by atoms with van der Waals surface area (Å²) < 4.78 is 0. The van der Waals surface area contributed by atoms with E-state index in [1.54, 1.807) is 31.2 Å². The molecule has 4 aliphatic rings. The molecule has 3 aliphatic carbocycles. The number of ketones is 2. The number of allylic oxidation sites excluding steroid dienone is 6. The van der Waals surface area contributed by atoms with Crippen LogP contribution >= 0.6 is 0 Å². The molecule has 5 rings (SSSR count). The number of rotatable bonds is 1. The molecule has 1 aromatic carbocycles. The Kier molecular flexibility index (Phi) is 3.97. The van der Waals surface area contributed by atoms with Gasteiger partial charge in [-0.3, -0.25) is 24.1 Å². The van der Waals surface area contributed by atoms with E-state index in [1.807, 2.05) is 6.08 Å². The molecule has 0 bridgehead atoms. The van der Waals surface area contributed by atoms with Crippen molar-refractivity contribution in [3.63, 3.8) is 0 Å². The molecule has 1 heterocycles. The molecule has 2 amide bonds. The van der Waals surface area contributed by atoms with Gasteiger partial charge in [-0.2, -0.15) is 0 Å². The van der Waals surface area contributed by atoms with Gasteiger partial charge in [-0.05, 0) is 37.8 Å². The van der Waals surface area contributed by atoms with E-state index in [1.165, 1.54) is 18.0 Å². The summed E-state index contributed by atoms with van der Waals surface area (Å²) in [5.74, 6) is -2.75. The van der Waals surface area contributed by atoms with Crippen LogP contribution in [0.2, 0.25) is 0 Å². The first-order valence-electron chi connectivity index (χ1n) is 10.1. The van der Waals surface area contributed by atoms with Crippen molar-refractivity contribution in [1.82, 2.24) is 4.90 Å². The molecule has 0 radical (unpaired) electrons. The van der Waals surface area contributed by atoms with E-state index in [-0.39, 0.29) is 41.5 Å². The number of carbonyl (C=O) groups is 4. The second-order valence-corrected chi connectivity index (χ2v) is 8.52. The topological polar surface area (TPSA) is 91.8 Å². The van der Waals surface area contributed by atoms with Gasteiger partial charge in [-0.1, -0.05) is 29.8 Å². The van der Waals surface area contributed by atoms with Crippen LogP contribution in [0.15, 0.2) is 58.7 Å². The number of benzene rings is 1. The molecule has 0 spiro atoms. The van der Waals surface area contributed by atoms with Gasteiger partial charge in [-0.25, -0.2) is 0 Å². The zero-order valence-electron chi connectivity index (χ0n) is 16.7. The highest BCUT2D eigenvalue weighted by Gasteiger charge is 2.55. The lowest BCUT2D eigenvalue weighted by molar-refractivity contribution is -0.138. The van der Waals surface area contributed by atoms with Crippen molar-refractivity contribution in [3.8, 4) is 5.75 Å². The number of para-hydroxylation sites is 1. The maximum atomic E-state index is 13.2. The third kappa shape index (κ3) is 2.36. The summed E-state index contributed by atoms with van der Waals surface area (Å²) in [6.07, 6.45) is 3.97. The summed E-state index contributed by atoms with van der Waals surface area (Å²) in [7, 11) is 1.50. The predicted molar refractivity (Wildman–Crippen MR) is 107 cm³/mol. The minimum absolute atomic E-state index is 0.0384. The Balaban J connectivity index is 1.74. The molecule has 1 aromatic rings. The van der Waals surface area contributed by atoms with Crippen LogP contribution in [0.4, 0.5) is 0 Å². The van der Waals surface area contributed by atoms with Gasteiger partial charge in [0.05, 0.1) is 11.8 Å². The van der Waals surface area contributed by atoms with Crippen LogP contribution < -0.4 is 0 Å². The van der Waals surface area contributed by atoms with Gasteiger partial charge >= 0.3 is 0 Å². The molecule has 1 fully saturated rings. The number of fused-ring (bicyclic) bond motifs is 3. The molecule has 4 atom stereocenters. The van der Waals surface area contributed by atoms with Crippen molar-refractivity contribution in [2.24, 2.45) is 17.8 Å². The quantitative estimate of drug-likeness (QED) is 0.442. The molecule has 1 saturated heterocycles. The second-order valence-electron chi connectivity index (χ2n) is 8.52. The Morgan fingerprint density at radius 1 is 1.03 bits per heavy atom. The molecule has 1 aliphatic heterocycles. The van der Waals surface area contributed by atoms with Gasteiger partial charge < -0.3 is 5.11 Å². The highest BCUT2D eigenvalue weighted by atomic mass is 16.3. The molecular weight excluding hydrogens is 382 g/mol. The van der Waals surface area contributed by atoms with Crippen molar-refractivity contribution >= 4 is 23.4 Å². The molecule has 0 saturated carbocycles. The number of amides is 2. The Morgan fingerprint density at radius 3 is 2.50 bits per heavy atom. The Labute approximate surface area is 173 Å². The smallest absolute Gasteiger partial charge is 0.233 e. The SMILES string of the molecule is CC1=CC(=O)C2=C(C1=O)[C@@H](c1ccccc1O)C1=CC[C@@H]3C(=O)N(C)C(=O)[C@@H]3[C@@H]1C2. The van der Waals surface area contributed by atoms with Crippen LogP contribution in [0, 0.1) is 17.8 Å². The number of likely N-dealkylation sites (tertiary alicyclic amines) is 1. The van der Waals surface area contributed by atoms with E-state index >= 15 is 0 Å². The van der Waals surface area contributed by atoms with Crippen LogP contribution in [0.5, 0.6) is 5.75 Å². The zero-order chi connectivity index (χ0) is 21.3. The summed E-state index contributed by atoms with van der Waals surface area (Å²) >= 11 is 0. The summed E-state index contributed by atoms with van der Waals surface area (Å²) in [6.45, 7) is 1.62. The average Bonchev–Trinajstić information content (AvgIpc) is 2.95. The van der Waals surface area contributed by atoms with Gasteiger partial charge in [0.1, 0.15) is 5.75 Å². The fourth-order valence-corrected chi connectivity index (χ4v) is 5.61. The normalized spacial score (nSPS) is 30.7. The molecule has 152 valence electrons. The van der Waals surface area contributed by atoms with Gasteiger partial charge in [0, 0.05) is 35.2 Å². The van der Waals surface area contributed by atoms with Gasteiger partial charge in [0.15, 0.2) is 11.6 Å². The minimum Gasteiger partial charge on any atom is -0.508 e. The number of hydrogen-bond donors (Lipinski definition) is 1. The van der Waals surface area contributed by atoms with Crippen molar-refractivity contribution in [1.29, 1.82) is 0 Å². The lowest BCUT2D eigenvalue weighted by Gasteiger charge is -2.42. The first-order valence-corrected chi connectivity index (χ1v) is 10.1. The third-order valence-electron chi connectivity index (χ3n) is 7.03. The van der Waals surface area contributed by atoms with E-state index in [4.69, 9.17) is 0 Å². The highest BCUT2D eigenvalue weighted by Crippen LogP contribution is 2.55. The van der Waals surface area contributed by atoms with Crippen LogP contribution in [0.1, 0.15) is 31.2 Å². The van der Waals surface area contributed by atoms with Crippen molar-refractivity contribution in [2.45, 2.75) is 25.7 Å². The summed E-state index contributed by atoms with van der Waals surface area (Å²) in [5, 5.41) is 10.6. The summed E-state index contributed by atoms with van der Waals surface area (Å²) in [4.78, 5) is 52.7. The number of phenolic OH excluding ortho intramolecular Hbond substituents is 1. The van der Waals surface area contributed by atoms with Crippen LogP contribution in [-0.4, -0.2) is 40.4 Å². The van der Waals surface area contributed by atoms with Crippen molar-refractivity contribution < 1.29 is 24.3 Å². The number of Topliss-reactive ketones (excluding diaryl/α,β-unsaturated/α-hetero) is 1. The summed E-state index contributed by atoms with van der Waals surface area (Å²) in [5.41, 5.74) is 2.56. The highest BCUT2D eigenvalue weighted by molar-refractivity contribution is 6.23. The predicted octanol–water partition coefficient (Wildman–Crippen LogP) is 2.45. The first-order chi connectivity index (χ1) is 14.3. The molecule has 0 aromatic heterocycles. The molecule has 1 N–H and O–H groups in total. The fourth-order valence-electron chi connectivity index (χ4n) is 5.61. The standard InChI is InChI=1S/C24H21NO5/c1-11-9-18(27)16-10-15-12(7-8-14-20(15)24(30)25(2)23(14)29)19(21(16)22(11)28)13-5-3-4-6-17(13)26/h3-7,9,14-15,19-20,26H,8,10H2,1-2H3/t14-,15+,19+,20-/m0/s1. The lowest BCUT2D eigenvalue weighted by Crippen LogP contribution is -2.39. The molecule has 6 heteroatoms. The lowest BCUT2D eigenvalue weighted by atomic mass is 9.59. The van der Waals surface area contributed by atoms with Gasteiger partial charge in [-0.15, -0.1) is 0 Å². The number of aromatic hydroxyl groups is 1. The van der Waals surface area contributed by atoms with Gasteiger partial charge in [0.25, 0.3) is 0 Å². The minimum atomic E-state index is -0.602. The largest absolute Gasteiger partial charge is 0.508 e. The van der Waals surface area contributed by atoms with Crippen LogP contribution in [0.25, 0.3) is 0 Å². The number of imide groups is 1. The molecule has 6 nitrogen and oxygen atoms in total. The Morgan fingerprint density at radius 2 is 1.77 bits per heavy atom. The second kappa shape index (κ2) is 6.36. The Hall–Kier alpha value is -3.28. The van der Waals surface area contributed by atoms with Crippen molar-refractivity contribution in [2.75, 3.05) is 7.05 Å². The maximum absolute atomic E-state index is 13.2. The first kappa shape index (κ1) is 18.7. The van der Waals surface area contributed by atoms with Crippen LogP contribution in [-0.2, 0) is 19.2 Å². The van der Waals surface area contributed by atoms with E-state index in [2.05, 4.69) is 0 Å². The van der Waals surface area contributed by atoms with Crippen LogP contribution in [0.3, 0.4) is 0 Å². The Bertz CT molecular complexity index is 1140.